The summed E-state index contributed by atoms with van der Waals surface area (Å²) in [7, 11) is 0. The second-order valence-corrected chi connectivity index (χ2v) is 5.44. The zero-order chi connectivity index (χ0) is 16.6. The number of hydrogen-bond acceptors (Lipinski definition) is 3. The Kier molecular flexibility index (Phi) is 4.22. The van der Waals surface area contributed by atoms with E-state index in [1.807, 2.05) is 6.92 Å². The summed E-state index contributed by atoms with van der Waals surface area (Å²) in [4.78, 5) is 0. The van der Waals surface area contributed by atoms with Crippen LogP contribution in [0, 0.1) is 11.6 Å². The average Bonchev–Trinajstić information content (AvgIpc) is 2.91. The minimum atomic E-state index is -0.901. The predicted octanol–water partition coefficient (Wildman–Crippen LogP) is 5.10. The normalized spacial score (nSPS) is 12.9. The summed E-state index contributed by atoms with van der Waals surface area (Å²) < 4.78 is 39.7. The third kappa shape index (κ3) is 2.55. The van der Waals surface area contributed by atoms with Gasteiger partial charge in [-0.1, -0.05) is 19.4 Å². The molecule has 0 radical (unpaired) electrons. The SMILES string of the molecule is CCC[C@H](O)c1ccc2c(oc3c(F)c(OCC)ccc32)c1F. The van der Waals surface area contributed by atoms with Crippen LogP contribution in [0.1, 0.15) is 38.4 Å². The van der Waals surface area contributed by atoms with E-state index in [4.69, 9.17) is 9.15 Å². The number of fused-ring (bicyclic) bond motifs is 3. The second-order valence-electron chi connectivity index (χ2n) is 5.44. The molecule has 0 aliphatic rings. The van der Waals surface area contributed by atoms with Crippen LogP contribution >= 0.6 is 0 Å². The van der Waals surface area contributed by atoms with Crippen LogP contribution < -0.4 is 4.74 Å². The standard InChI is InChI=1S/C18H18F2O3/c1-3-5-13(21)12-7-6-10-11-8-9-14(22-4-2)16(20)18(11)23-17(10)15(12)19/h6-9,13,21H,3-5H2,1-2H3/t13-/m0/s1. The van der Waals surface area contributed by atoms with Crippen molar-refractivity contribution in [2.45, 2.75) is 32.8 Å². The second kappa shape index (κ2) is 6.16. The van der Waals surface area contributed by atoms with Crippen LogP contribution in [0.15, 0.2) is 28.7 Å². The van der Waals surface area contributed by atoms with Gasteiger partial charge in [-0.15, -0.1) is 0 Å². The Bertz CT molecular complexity index is 854. The summed E-state index contributed by atoms with van der Waals surface area (Å²) in [6.45, 7) is 3.99. The number of ether oxygens (including phenoxy) is 1. The number of halogens is 2. The van der Waals surface area contributed by atoms with Crippen molar-refractivity contribution >= 4 is 21.9 Å². The number of hydrogen-bond donors (Lipinski definition) is 1. The number of aliphatic hydroxyl groups is 1. The zero-order valence-electron chi connectivity index (χ0n) is 13.0. The fourth-order valence-corrected chi connectivity index (χ4v) is 2.79. The molecule has 1 aromatic heterocycles. The molecule has 122 valence electrons. The van der Waals surface area contributed by atoms with E-state index in [9.17, 15) is 13.9 Å². The quantitative estimate of drug-likeness (QED) is 0.711. The van der Waals surface area contributed by atoms with Gasteiger partial charge in [0.1, 0.15) is 0 Å². The summed E-state index contributed by atoms with van der Waals surface area (Å²) in [5.41, 5.74) is 0.0935. The highest BCUT2D eigenvalue weighted by Gasteiger charge is 2.21. The van der Waals surface area contributed by atoms with Gasteiger partial charge in [-0.2, -0.15) is 4.39 Å². The van der Waals surface area contributed by atoms with Crippen molar-refractivity contribution in [1.82, 2.24) is 0 Å². The third-order valence-corrected chi connectivity index (χ3v) is 3.90. The topological polar surface area (TPSA) is 42.6 Å². The molecule has 3 nitrogen and oxygen atoms in total. The van der Waals surface area contributed by atoms with E-state index in [0.717, 1.165) is 6.42 Å². The average molecular weight is 320 g/mol. The number of benzene rings is 2. The Hall–Kier alpha value is -2.14. The van der Waals surface area contributed by atoms with Crippen molar-refractivity contribution < 1.29 is 23.0 Å². The minimum Gasteiger partial charge on any atom is -0.491 e. The Labute approximate surface area is 132 Å². The molecule has 0 amide bonds. The van der Waals surface area contributed by atoms with Crippen LogP contribution in [0.3, 0.4) is 0 Å². The molecule has 0 bridgehead atoms. The molecule has 0 unspecified atom stereocenters. The van der Waals surface area contributed by atoms with Crippen LogP contribution in [0.4, 0.5) is 8.78 Å². The van der Waals surface area contributed by atoms with Gasteiger partial charge in [-0.05, 0) is 31.5 Å². The van der Waals surface area contributed by atoms with Crippen LogP contribution in [0.2, 0.25) is 0 Å². The molecule has 0 saturated heterocycles. The van der Waals surface area contributed by atoms with Gasteiger partial charge in [0, 0.05) is 16.3 Å². The highest BCUT2D eigenvalue weighted by molar-refractivity contribution is 6.05. The molecule has 23 heavy (non-hydrogen) atoms. The Morgan fingerprint density at radius 3 is 2.35 bits per heavy atom. The van der Waals surface area contributed by atoms with Gasteiger partial charge >= 0.3 is 0 Å². The maximum Gasteiger partial charge on any atom is 0.208 e. The van der Waals surface area contributed by atoms with Crippen molar-refractivity contribution in [3.8, 4) is 5.75 Å². The zero-order valence-corrected chi connectivity index (χ0v) is 13.0. The Balaban J connectivity index is 2.22. The Morgan fingerprint density at radius 2 is 1.70 bits per heavy atom. The summed E-state index contributed by atoms with van der Waals surface area (Å²) >= 11 is 0. The summed E-state index contributed by atoms with van der Waals surface area (Å²) in [6, 6.07) is 6.34. The van der Waals surface area contributed by atoms with Gasteiger partial charge in [0.2, 0.25) is 5.82 Å². The Morgan fingerprint density at radius 1 is 1.04 bits per heavy atom. The van der Waals surface area contributed by atoms with Crippen molar-refractivity contribution in [2.75, 3.05) is 6.61 Å². The van der Waals surface area contributed by atoms with Gasteiger partial charge in [0.05, 0.1) is 12.7 Å². The van der Waals surface area contributed by atoms with Crippen molar-refractivity contribution in [3.05, 3.63) is 41.5 Å². The lowest BCUT2D eigenvalue weighted by Crippen LogP contribution is -2.00. The molecule has 1 atom stereocenters. The molecule has 3 rings (SSSR count). The molecule has 1 heterocycles. The fraction of sp³-hybridized carbons (Fsp3) is 0.333. The lowest BCUT2D eigenvalue weighted by Gasteiger charge is -2.10. The molecule has 0 aliphatic carbocycles. The molecule has 0 fully saturated rings. The summed E-state index contributed by atoms with van der Waals surface area (Å²) in [6.07, 6.45) is 0.276. The van der Waals surface area contributed by atoms with Crippen molar-refractivity contribution in [2.24, 2.45) is 0 Å². The molecular weight excluding hydrogens is 302 g/mol. The monoisotopic (exact) mass is 320 g/mol. The van der Waals surface area contributed by atoms with E-state index < -0.39 is 17.7 Å². The van der Waals surface area contributed by atoms with E-state index >= 15 is 0 Å². The number of rotatable bonds is 5. The fourth-order valence-electron chi connectivity index (χ4n) is 2.79. The number of aliphatic hydroxyl groups excluding tert-OH is 1. The van der Waals surface area contributed by atoms with E-state index in [1.54, 1.807) is 19.1 Å². The van der Waals surface area contributed by atoms with Crippen LogP contribution in [0.25, 0.3) is 21.9 Å². The molecule has 1 N–H and O–H groups in total. The lowest BCUT2D eigenvalue weighted by atomic mass is 10.0. The van der Waals surface area contributed by atoms with Crippen LogP contribution in [0.5, 0.6) is 5.75 Å². The van der Waals surface area contributed by atoms with Crippen LogP contribution in [-0.4, -0.2) is 11.7 Å². The molecule has 0 aliphatic heterocycles. The highest BCUT2D eigenvalue weighted by Crippen LogP contribution is 2.37. The largest absolute Gasteiger partial charge is 0.491 e. The molecule has 5 heteroatoms. The first-order valence-electron chi connectivity index (χ1n) is 7.72. The van der Waals surface area contributed by atoms with E-state index in [-0.39, 0.29) is 22.5 Å². The third-order valence-electron chi connectivity index (χ3n) is 3.90. The first kappa shape index (κ1) is 15.7. The first-order valence-corrected chi connectivity index (χ1v) is 7.72. The maximum atomic E-state index is 14.7. The van der Waals surface area contributed by atoms with Gasteiger partial charge < -0.3 is 14.3 Å². The number of furan rings is 1. The molecular formula is C18H18F2O3. The molecule has 0 saturated carbocycles. The lowest BCUT2D eigenvalue weighted by molar-refractivity contribution is 0.162. The molecule has 0 spiro atoms. The summed E-state index contributed by atoms with van der Waals surface area (Å²) in [5, 5.41) is 11.0. The maximum absolute atomic E-state index is 14.7. The van der Waals surface area contributed by atoms with Crippen LogP contribution in [-0.2, 0) is 0 Å². The molecule has 2 aromatic carbocycles. The minimum absolute atomic E-state index is 0.0352. The van der Waals surface area contributed by atoms with Gasteiger partial charge in [0.25, 0.3) is 0 Å². The van der Waals surface area contributed by atoms with E-state index in [0.29, 0.717) is 23.8 Å². The first-order chi connectivity index (χ1) is 11.1. The van der Waals surface area contributed by atoms with Crippen molar-refractivity contribution in [3.63, 3.8) is 0 Å². The smallest absolute Gasteiger partial charge is 0.208 e. The van der Waals surface area contributed by atoms with Crippen molar-refractivity contribution in [1.29, 1.82) is 0 Å². The molecule has 3 aromatic rings. The van der Waals surface area contributed by atoms with E-state index in [1.165, 1.54) is 12.1 Å². The van der Waals surface area contributed by atoms with Gasteiger partial charge in [-0.3, -0.25) is 0 Å². The predicted molar refractivity (Wildman–Crippen MR) is 84.7 cm³/mol. The summed E-state index contributed by atoms with van der Waals surface area (Å²) in [5.74, 6) is -1.21. The van der Waals surface area contributed by atoms with E-state index in [2.05, 4.69) is 0 Å². The highest BCUT2D eigenvalue weighted by atomic mass is 19.1. The van der Waals surface area contributed by atoms with Gasteiger partial charge in [0.15, 0.2) is 22.7 Å². The van der Waals surface area contributed by atoms with Gasteiger partial charge in [-0.25, -0.2) is 4.39 Å².